The van der Waals surface area contributed by atoms with Crippen LogP contribution in [-0.2, 0) is 0 Å². The Hall–Kier alpha value is -2.56. The third-order valence-electron chi connectivity index (χ3n) is 3.36. The molecule has 0 aliphatic carbocycles. The fourth-order valence-electron chi connectivity index (χ4n) is 2.07. The smallest absolute Gasteiger partial charge is 0.274 e. The number of furan rings is 1. The lowest BCUT2D eigenvalue weighted by atomic mass is 10.2. The van der Waals surface area contributed by atoms with E-state index in [1.807, 2.05) is 24.3 Å². The SMILES string of the molecule is CCCCCOc1cccc(/C=N\NC(=O)c2ccoc2C)c1. The van der Waals surface area contributed by atoms with Gasteiger partial charge in [-0.15, -0.1) is 0 Å². The lowest BCUT2D eigenvalue weighted by molar-refractivity contribution is 0.0953. The number of unbranched alkanes of at least 4 members (excludes halogenated alkanes) is 2. The molecule has 122 valence electrons. The van der Waals surface area contributed by atoms with Crippen molar-refractivity contribution in [2.75, 3.05) is 6.61 Å². The van der Waals surface area contributed by atoms with Gasteiger partial charge in [-0.3, -0.25) is 4.79 Å². The number of hydrazone groups is 1. The molecule has 0 spiro atoms. The third-order valence-corrected chi connectivity index (χ3v) is 3.36. The van der Waals surface area contributed by atoms with E-state index in [2.05, 4.69) is 17.5 Å². The van der Waals surface area contributed by atoms with Crippen LogP contribution in [0.5, 0.6) is 5.75 Å². The van der Waals surface area contributed by atoms with Crippen molar-refractivity contribution in [3.63, 3.8) is 0 Å². The Morgan fingerprint density at radius 1 is 1.35 bits per heavy atom. The zero-order valence-electron chi connectivity index (χ0n) is 13.5. The van der Waals surface area contributed by atoms with Crippen LogP contribution in [-0.4, -0.2) is 18.7 Å². The second-order valence-electron chi connectivity index (χ2n) is 5.22. The standard InChI is InChI=1S/C18H22N2O3/c1-3-4-5-10-23-16-8-6-7-15(12-16)13-19-20-18(21)17-9-11-22-14(17)2/h6-9,11-13H,3-5,10H2,1-2H3,(H,20,21)/b19-13-. The molecule has 0 atom stereocenters. The highest BCUT2D eigenvalue weighted by molar-refractivity contribution is 5.95. The Labute approximate surface area is 136 Å². The molecule has 0 aliphatic heterocycles. The zero-order valence-corrected chi connectivity index (χ0v) is 13.5. The van der Waals surface area contributed by atoms with E-state index in [9.17, 15) is 4.79 Å². The van der Waals surface area contributed by atoms with E-state index < -0.39 is 0 Å². The first-order valence-electron chi connectivity index (χ1n) is 7.81. The largest absolute Gasteiger partial charge is 0.494 e. The predicted molar refractivity (Wildman–Crippen MR) is 90.0 cm³/mol. The number of nitrogens with zero attached hydrogens (tertiary/aromatic N) is 1. The molecule has 1 N–H and O–H groups in total. The number of rotatable bonds is 8. The number of hydrogen-bond acceptors (Lipinski definition) is 4. The Morgan fingerprint density at radius 2 is 2.22 bits per heavy atom. The Bertz CT molecular complexity index is 662. The summed E-state index contributed by atoms with van der Waals surface area (Å²) in [7, 11) is 0. The molecule has 1 aromatic heterocycles. The summed E-state index contributed by atoms with van der Waals surface area (Å²) in [4.78, 5) is 11.9. The van der Waals surface area contributed by atoms with Crippen molar-refractivity contribution in [3.8, 4) is 5.75 Å². The molecule has 0 saturated carbocycles. The summed E-state index contributed by atoms with van der Waals surface area (Å²) in [5.41, 5.74) is 3.83. The highest BCUT2D eigenvalue weighted by atomic mass is 16.5. The summed E-state index contributed by atoms with van der Waals surface area (Å²) in [5, 5.41) is 3.97. The molecular formula is C18H22N2O3. The third kappa shape index (κ3) is 5.29. The van der Waals surface area contributed by atoms with Crippen LogP contribution in [0.1, 0.15) is 47.9 Å². The summed E-state index contributed by atoms with van der Waals surface area (Å²) < 4.78 is 10.8. The molecule has 0 fully saturated rings. The highest BCUT2D eigenvalue weighted by Gasteiger charge is 2.09. The molecule has 0 saturated heterocycles. The molecule has 0 bridgehead atoms. The van der Waals surface area contributed by atoms with E-state index in [1.165, 1.54) is 19.1 Å². The first-order valence-corrected chi connectivity index (χ1v) is 7.81. The maximum absolute atomic E-state index is 11.9. The summed E-state index contributed by atoms with van der Waals surface area (Å²) in [5.74, 6) is 1.08. The number of benzene rings is 1. The second kappa shape index (κ2) is 8.78. The van der Waals surface area contributed by atoms with Crippen LogP contribution in [0.4, 0.5) is 0 Å². The zero-order chi connectivity index (χ0) is 16.5. The van der Waals surface area contributed by atoms with Crippen molar-refractivity contribution >= 4 is 12.1 Å². The second-order valence-corrected chi connectivity index (χ2v) is 5.22. The van der Waals surface area contributed by atoms with Gasteiger partial charge in [-0.05, 0) is 37.1 Å². The molecule has 5 heteroatoms. The van der Waals surface area contributed by atoms with Crippen LogP contribution in [0.15, 0.2) is 46.1 Å². The number of ether oxygens (including phenoxy) is 1. The van der Waals surface area contributed by atoms with Crippen molar-refractivity contribution in [2.45, 2.75) is 33.1 Å². The van der Waals surface area contributed by atoms with Crippen LogP contribution in [0.25, 0.3) is 0 Å². The molecule has 23 heavy (non-hydrogen) atoms. The number of hydrogen-bond donors (Lipinski definition) is 1. The lowest BCUT2D eigenvalue weighted by Crippen LogP contribution is -2.17. The topological polar surface area (TPSA) is 63.8 Å². The van der Waals surface area contributed by atoms with E-state index in [0.717, 1.165) is 17.7 Å². The monoisotopic (exact) mass is 314 g/mol. The van der Waals surface area contributed by atoms with Gasteiger partial charge in [-0.1, -0.05) is 31.9 Å². The predicted octanol–water partition coefficient (Wildman–Crippen LogP) is 3.92. The normalized spacial score (nSPS) is 10.9. The molecule has 2 aromatic rings. The van der Waals surface area contributed by atoms with Crippen LogP contribution in [0, 0.1) is 6.92 Å². The van der Waals surface area contributed by atoms with Crippen molar-refractivity contribution in [1.82, 2.24) is 5.43 Å². The van der Waals surface area contributed by atoms with Gasteiger partial charge in [-0.25, -0.2) is 5.43 Å². The first kappa shape index (κ1) is 16.8. The van der Waals surface area contributed by atoms with Crippen LogP contribution >= 0.6 is 0 Å². The number of aryl methyl sites for hydroxylation is 1. The van der Waals surface area contributed by atoms with Crippen molar-refractivity contribution in [3.05, 3.63) is 53.5 Å². The molecule has 0 unspecified atom stereocenters. The maximum atomic E-state index is 11.9. The fraction of sp³-hybridized carbons (Fsp3) is 0.333. The molecule has 0 aliphatic rings. The minimum absolute atomic E-state index is 0.292. The van der Waals surface area contributed by atoms with Crippen LogP contribution in [0.3, 0.4) is 0 Å². The number of nitrogens with one attached hydrogen (secondary N) is 1. The van der Waals surface area contributed by atoms with Gasteiger partial charge in [0, 0.05) is 0 Å². The van der Waals surface area contributed by atoms with Crippen LogP contribution < -0.4 is 10.2 Å². The molecule has 1 heterocycles. The fourth-order valence-corrected chi connectivity index (χ4v) is 2.07. The molecular weight excluding hydrogens is 292 g/mol. The number of amides is 1. The van der Waals surface area contributed by atoms with Gasteiger partial charge in [0.05, 0.1) is 24.6 Å². The summed E-state index contributed by atoms with van der Waals surface area (Å²) in [6.07, 6.45) is 6.46. The van der Waals surface area contributed by atoms with Gasteiger partial charge in [0.2, 0.25) is 0 Å². The summed E-state index contributed by atoms with van der Waals surface area (Å²) in [6, 6.07) is 9.22. The average molecular weight is 314 g/mol. The van der Waals surface area contributed by atoms with Gasteiger partial charge in [-0.2, -0.15) is 5.10 Å². The van der Waals surface area contributed by atoms with Crippen molar-refractivity contribution in [1.29, 1.82) is 0 Å². The molecule has 1 aromatic carbocycles. The van der Waals surface area contributed by atoms with E-state index in [-0.39, 0.29) is 5.91 Å². The molecule has 2 rings (SSSR count). The summed E-state index contributed by atoms with van der Waals surface area (Å²) >= 11 is 0. The lowest BCUT2D eigenvalue weighted by Gasteiger charge is -2.06. The van der Waals surface area contributed by atoms with E-state index >= 15 is 0 Å². The van der Waals surface area contributed by atoms with E-state index in [0.29, 0.717) is 17.9 Å². The van der Waals surface area contributed by atoms with Gasteiger partial charge in [0.25, 0.3) is 5.91 Å². The van der Waals surface area contributed by atoms with Crippen molar-refractivity contribution < 1.29 is 13.9 Å². The number of carbonyl (C=O) groups excluding carboxylic acids is 1. The Morgan fingerprint density at radius 3 is 2.96 bits per heavy atom. The Balaban J connectivity index is 1.87. The quantitative estimate of drug-likeness (QED) is 0.456. The van der Waals surface area contributed by atoms with Gasteiger partial charge < -0.3 is 9.15 Å². The van der Waals surface area contributed by atoms with E-state index in [1.54, 1.807) is 19.2 Å². The molecule has 5 nitrogen and oxygen atoms in total. The van der Waals surface area contributed by atoms with Crippen molar-refractivity contribution in [2.24, 2.45) is 5.10 Å². The maximum Gasteiger partial charge on any atom is 0.274 e. The van der Waals surface area contributed by atoms with Gasteiger partial charge >= 0.3 is 0 Å². The van der Waals surface area contributed by atoms with Gasteiger partial charge in [0.1, 0.15) is 11.5 Å². The van der Waals surface area contributed by atoms with Crippen LogP contribution in [0.2, 0.25) is 0 Å². The first-order chi connectivity index (χ1) is 11.2. The minimum atomic E-state index is -0.292. The summed E-state index contributed by atoms with van der Waals surface area (Å²) in [6.45, 7) is 4.61. The molecule has 0 radical (unpaired) electrons. The Kier molecular flexibility index (Phi) is 6.41. The average Bonchev–Trinajstić information content (AvgIpc) is 2.98. The highest BCUT2D eigenvalue weighted by Crippen LogP contribution is 2.13. The minimum Gasteiger partial charge on any atom is -0.494 e. The number of carbonyl (C=O) groups is 1. The van der Waals surface area contributed by atoms with Gasteiger partial charge in [0.15, 0.2) is 0 Å². The molecule has 1 amide bonds. The van der Waals surface area contributed by atoms with E-state index in [4.69, 9.17) is 9.15 Å².